The zero-order chi connectivity index (χ0) is 15.1. The van der Waals surface area contributed by atoms with E-state index in [1.807, 2.05) is 0 Å². The molecule has 0 spiro atoms. The Morgan fingerprint density at radius 2 is 2.15 bits per heavy atom. The molecule has 0 radical (unpaired) electrons. The van der Waals surface area contributed by atoms with Gasteiger partial charge in [-0.15, -0.1) is 0 Å². The van der Waals surface area contributed by atoms with Crippen LogP contribution in [0.25, 0.3) is 0 Å². The number of ether oxygens (including phenoxy) is 1. The zero-order valence-electron chi connectivity index (χ0n) is 11.9. The van der Waals surface area contributed by atoms with Crippen molar-refractivity contribution in [2.75, 3.05) is 25.1 Å². The van der Waals surface area contributed by atoms with Crippen LogP contribution >= 0.6 is 11.6 Å². The fourth-order valence-electron chi connectivity index (χ4n) is 1.57. The maximum Gasteiger partial charge on any atom is 0.332 e. The standard InChI is InChI=1S/C12H19ClN4O3/c1-8(2)7-20-6-4-5-14-11-10(17(18)19)9(3)15-12(13)16-11/h8H,4-7H2,1-3H3,(H,14,15,16). The molecule has 1 heterocycles. The molecule has 112 valence electrons. The largest absolute Gasteiger partial charge is 0.381 e. The van der Waals surface area contributed by atoms with Crippen LogP contribution in [0.15, 0.2) is 0 Å². The minimum atomic E-state index is -0.511. The van der Waals surface area contributed by atoms with Gasteiger partial charge in [0, 0.05) is 19.8 Å². The summed E-state index contributed by atoms with van der Waals surface area (Å²) in [6, 6.07) is 0. The van der Waals surface area contributed by atoms with Gasteiger partial charge in [-0.25, -0.2) is 4.98 Å². The van der Waals surface area contributed by atoms with E-state index in [1.54, 1.807) is 0 Å². The summed E-state index contributed by atoms with van der Waals surface area (Å²) in [6.07, 6.45) is 0.727. The van der Waals surface area contributed by atoms with Crippen LogP contribution in [-0.2, 0) is 4.74 Å². The summed E-state index contributed by atoms with van der Waals surface area (Å²) in [4.78, 5) is 18.1. The van der Waals surface area contributed by atoms with Crippen LogP contribution in [0.1, 0.15) is 26.0 Å². The van der Waals surface area contributed by atoms with E-state index in [0.29, 0.717) is 25.7 Å². The van der Waals surface area contributed by atoms with Crippen molar-refractivity contribution in [3.63, 3.8) is 0 Å². The Morgan fingerprint density at radius 1 is 1.45 bits per heavy atom. The molecule has 0 unspecified atom stereocenters. The summed E-state index contributed by atoms with van der Waals surface area (Å²) in [5, 5.41) is 13.9. The molecule has 0 aliphatic heterocycles. The van der Waals surface area contributed by atoms with Crippen LogP contribution in [0.3, 0.4) is 0 Å². The van der Waals surface area contributed by atoms with Crippen LogP contribution in [0.2, 0.25) is 5.28 Å². The molecule has 1 N–H and O–H groups in total. The Morgan fingerprint density at radius 3 is 2.75 bits per heavy atom. The van der Waals surface area contributed by atoms with Crippen molar-refractivity contribution in [3.05, 3.63) is 21.1 Å². The molecule has 1 rings (SSSR count). The van der Waals surface area contributed by atoms with Crippen LogP contribution in [0, 0.1) is 23.0 Å². The molecule has 0 atom stereocenters. The molecular weight excluding hydrogens is 284 g/mol. The fraction of sp³-hybridized carbons (Fsp3) is 0.667. The molecule has 0 fully saturated rings. The van der Waals surface area contributed by atoms with Crippen LogP contribution in [-0.4, -0.2) is 34.6 Å². The highest BCUT2D eigenvalue weighted by molar-refractivity contribution is 6.28. The van der Waals surface area contributed by atoms with Crippen LogP contribution in [0.5, 0.6) is 0 Å². The van der Waals surface area contributed by atoms with E-state index < -0.39 is 4.92 Å². The Labute approximate surface area is 122 Å². The van der Waals surface area contributed by atoms with E-state index in [4.69, 9.17) is 16.3 Å². The van der Waals surface area contributed by atoms with Crippen molar-refractivity contribution in [1.29, 1.82) is 0 Å². The number of rotatable bonds is 8. The second-order valence-corrected chi connectivity index (χ2v) is 5.12. The summed E-state index contributed by atoms with van der Waals surface area (Å²) in [6.45, 7) is 7.50. The maximum atomic E-state index is 11.0. The van der Waals surface area contributed by atoms with E-state index in [2.05, 4.69) is 29.1 Å². The minimum Gasteiger partial charge on any atom is -0.381 e. The second kappa shape index (κ2) is 7.96. The van der Waals surface area contributed by atoms with Gasteiger partial charge in [-0.1, -0.05) is 13.8 Å². The lowest BCUT2D eigenvalue weighted by molar-refractivity contribution is -0.385. The number of aryl methyl sites for hydroxylation is 1. The van der Waals surface area contributed by atoms with Gasteiger partial charge in [0.25, 0.3) is 0 Å². The predicted octanol–water partition coefficient (Wildman–Crippen LogP) is 2.82. The minimum absolute atomic E-state index is 0.00772. The van der Waals surface area contributed by atoms with Gasteiger partial charge in [-0.3, -0.25) is 10.1 Å². The van der Waals surface area contributed by atoms with E-state index in [0.717, 1.165) is 6.42 Å². The van der Waals surface area contributed by atoms with Gasteiger partial charge in [0.15, 0.2) is 0 Å². The van der Waals surface area contributed by atoms with E-state index in [-0.39, 0.29) is 22.5 Å². The van der Waals surface area contributed by atoms with Crippen LogP contribution in [0.4, 0.5) is 11.5 Å². The summed E-state index contributed by atoms with van der Waals surface area (Å²) in [5.74, 6) is 0.642. The summed E-state index contributed by atoms with van der Waals surface area (Å²) < 4.78 is 5.43. The van der Waals surface area contributed by atoms with Crippen molar-refractivity contribution < 1.29 is 9.66 Å². The van der Waals surface area contributed by atoms with Crippen molar-refractivity contribution in [2.45, 2.75) is 27.2 Å². The average molecular weight is 303 g/mol. The molecule has 0 aromatic carbocycles. The molecule has 20 heavy (non-hydrogen) atoms. The van der Waals surface area contributed by atoms with E-state index >= 15 is 0 Å². The first-order chi connectivity index (χ1) is 9.41. The molecule has 0 aliphatic rings. The molecule has 0 amide bonds. The normalized spacial score (nSPS) is 10.8. The predicted molar refractivity (Wildman–Crippen MR) is 77.2 cm³/mol. The zero-order valence-corrected chi connectivity index (χ0v) is 12.6. The van der Waals surface area contributed by atoms with Gasteiger partial charge in [0.05, 0.1) is 4.92 Å². The number of hydrogen-bond donors (Lipinski definition) is 1. The quantitative estimate of drug-likeness (QED) is 0.344. The number of anilines is 1. The summed E-state index contributed by atoms with van der Waals surface area (Å²) in [5.41, 5.74) is 0.103. The van der Waals surface area contributed by atoms with E-state index in [1.165, 1.54) is 6.92 Å². The number of aromatic nitrogens is 2. The monoisotopic (exact) mass is 302 g/mol. The Bertz CT molecular complexity index is 468. The van der Waals surface area contributed by atoms with Gasteiger partial charge < -0.3 is 10.1 Å². The average Bonchev–Trinajstić information content (AvgIpc) is 2.31. The lowest BCUT2D eigenvalue weighted by atomic mass is 10.2. The Balaban J connectivity index is 2.53. The van der Waals surface area contributed by atoms with Gasteiger partial charge in [0.1, 0.15) is 5.69 Å². The molecule has 0 saturated carbocycles. The smallest absolute Gasteiger partial charge is 0.332 e. The lowest BCUT2D eigenvalue weighted by Crippen LogP contribution is -2.11. The molecule has 0 bridgehead atoms. The molecule has 8 heteroatoms. The number of halogens is 1. The van der Waals surface area contributed by atoms with Gasteiger partial charge >= 0.3 is 5.69 Å². The van der Waals surface area contributed by atoms with E-state index in [9.17, 15) is 10.1 Å². The lowest BCUT2D eigenvalue weighted by Gasteiger charge is -2.09. The molecule has 1 aromatic rings. The number of nitrogens with one attached hydrogen (secondary N) is 1. The summed E-state index contributed by atoms with van der Waals surface area (Å²) in [7, 11) is 0. The first-order valence-electron chi connectivity index (χ1n) is 6.42. The van der Waals surface area contributed by atoms with Gasteiger partial charge in [-0.05, 0) is 30.9 Å². The first-order valence-corrected chi connectivity index (χ1v) is 6.79. The third kappa shape index (κ3) is 5.26. The maximum absolute atomic E-state index is 11.0. The SMILES string of the molecule is Cc1nc(Cl)nc(NCCCOCC(C)C)c1[N+](=O)[O-]. The number of hydrogen-bond acceptors (Lipinski definition) is 6. The molecule has 0 saturated heterocycles. The first kappa shape index (κ1) is 16.6. The second-order valence-electron chi connectivity index (χ2n) is 4.78. The molecule has 7 nitrogen and oxygen atoms in total. The molecular formula is C12H19ClN4O3. The highest BCUT2D eigenvalue weighted by atomic mass is 35.5. The fourth-order valence-corrected chi connectivity index (χ4v) is 1.79. The third-order valence-electron chi connectivity index (χ3n) is 2.42. The van der Waals surface area contributed by atoms with Crippen molar-refractivity contribution in [3.8, 4) is 0 Å². The van der Waals surface area contributed by atoms with Gasteiger partial charge in [0.2, 0.25) is 11.1 Å². The Kier molecular flexibility index (Phi) is 6.60. The highest BCUT2D eigenvalue weighted by Gasteiger charge is 2.21. The van der Waals surface area contributed by atoms with Gasteiger partial charge in [-0.2, -0.15) is 4.98 Å². The number of nitrogens with zero attached hydrogens (tertiary/aromatic N) is 3. The number of nitro groups is 1. The van der Waals surface area contributed by atoms with Crippen LogP contribution < -0.4 is 5.32 Å². The summed E-state index contributed by atoms with van der Waals surface area (Å²) >= 11 is 5.71. The third-order valence-corrected chi connectivity index (χ3v) is 2.59. The molecule has 1 aromatic heterocycles. The highest BCUT2D eigenvalue weighted by Crippen LogP contribution is 2.26. The van der Waals surface area contributed by atoms with Crippen molar-refractivity contribution in [2.24, 2.45) is 5.92 Å². The van der Waals surface area contributed by atoms with Crippen molar-refractivity contribution in [1.82, 2.24) is 9.97 Å². The topological polar surface area (TPSA) is 90.2 Å². The molecule has 0 aliphatic carbocycles. The Hall–Kier alpha value is -1.47. The van der Waals surface area contributed by atoms with Crippen molar-refractivity contribution >= 4 is 23.1 Å².